The molecule has 0 saturated carbocycles. The van der Waals surface area contributed by atoms with E-state index < -0.39 is 0 Å². The third-order valence-electron chi connectivity index (χ3n) is 3.43. The average molecular weight is 236 g/mol. The quantitative estimate of drug-likeness (QED) is 0.710. The molecule has 1 aliphatic carbocycles. The first-order valence-corrected chi connectivity index (χ1v) is 6.88. The number of hydrogen-bond donors (Lipinski definition) is 0. The molecular weight excluding hydrogens is 212 g/mol. The number of rotatable bonds is 6. The number of imidazole rings is 1. The molecule has 0 fully saturated rings. The second-order valence-electron chi connectivity index (χ2n) is 5.33. The van der Waals surface area contributed by atoms with Crippen LogP contribution < -0.4 is 0 Å². The summed E-state index contributed by atoms with van der Waals surface area (Å²) in [6.45, 7) is 7.12. The van der Waals surface area contributed by atoms with Crippen LogP contribution in [-0.2, 0) is 24.1 Å². The van der Waals surface area contributed by atoms with Crippen molar-refractivity contribution in [2.24, 2.45) is 5.92 Å². The maximum absolute atomic E-state index is 5.66. The Morgan fingerprint density at radius 2 is 2.12 bits per heavy atom. The molecule has 96 valence electrons. The van der Waals surface area contributed by atoms with Crippen LogP contribution in [0.4, 0.5) is 0 Å². The van der Waals surface area contributed by atoms with Gasteiger partial charge in [0.15, 0.2) is 0 Å². The topological polar surface area (TPSA) is 27.1 Å². The number of nitrogens with zero attached hydrogens (tertiary/aromatic N) is 2. The minimum Gasteiger partial charge on any atom is -0.380 e. The molecule has 0 amide bonds. The fraction of sp³-hybridized carbons (Fsp3) is 0.786. The zero-order valence-corrected chi connectivity index (χ0v) is 11.1. The highest BCUT2D eigenvalue weighted by Crippen LogP contribution is 2.19. The van der Waals surface area contributed by atoms with Crippen molar-refractivity contribution in [3.05, 3.63) is 17.7 Å². The second kappa shape index (κ2) is 6.20. The van der Waals surface area contributed by atoms with Gasteiger partial charge in [0.2, 0.25) is 0 Å². The molecule has 2 rings (SSSR count). The van der Waals surface area contributed by atoms with E-state index in [2.05, 4.69) is 23.4 Å². The Hall–Kier alpha value is -0.830. The average Bonchev–Trinajstić information content (AvgIpc) is 2.72. The Balaban J connectivity index is 1.74. The lowest BCUT2D eigenvalue weighted by atomic mass is 10.0. The Kier molecular flexibility index (Phi) is 4.60. The van der Waals surface area contributed by atoms with E-state index in [0.717, 1.165) is 38.5 Å². The van der Waals surface area contributed by atoms with Crippen molar-refractivity contribution in [3.63, 3.8) is 0 Å². The fourth-order valence-corrected chi connectivity index (χ4v) is 2.31. The second-order valence-corrected chi connectivity index (χ2v) is 5.33. The lowest BCUT2D eigenvalue weighted by molar-refractivity contribution is 0.115. The predicted octanol–water partition coefficient (Wildman–Crippen LogP) is 2.82. The minimum atomic E-state index is 0.732. The molecule has 0 aromatic carbocycles. The van der Waals surface area contributed by atoms with E-state index in [4.69, 9.17) is 4.74 Å². The zero-order chi connectivity index (χ0) is 12.1. The monoisotopic (exact) mass is 236 g/mol. The molecule has 0 saturated heterocycles. The molecule has 3 heteroatoms. The van der Waals surface area contributed by atoms with Gasteiger partial charge in [-0.25, -0.2) is 4.98 Å². The van der Waals surface area contributed by atoms with Gasteiger partial charge in [0, 0.05) is 18.8 Å². The fourth-order valence-electron chi connectivity index (χ4n) is 2.31. The van der Waals surface area contributed by atoms with E-state index in [1.165, 1.54) is 30.7 Å². The van der Waals surface area contributed by atoms with Crippen LogP contribution in [0.2, 0.25) is 0 Å². The van der Waals surface area contributed by atoms with Crippen molar-refractivity contribution in [3.8, 4) is 0 Å². The maximum Gasteiger partial charge on any atom is 0.0952 e. The van der Waals surface area contributed by atoms with Crippen molar-refractivity contribution >= 4 is 0 Å². The number of fused-ring (bicyclic) bond motifs is 1. The van der Waals surface area contributed by atoms with Gasteiger partial charge in [-0.1, -0.05) is 13.8 Å². The van der Waals surface area contributed by atoms with Crippen LogP contribution in [0.15, 0.2) is 6.33 Å². The molecule has 0 atom stereocenters. The molecular formula is C14H24N2O. The third kappa shape index (κ3) is 3.56. The first-order chi connectivity index (χ1) is 8.27. The van der Waals surface area contributed by atoms with Gasteiger partial charge in [-0.15, -0.1) is 0 Å². The van der Waals surface area contributed by atoms with Crippen LogP contribution in [0.5, 0.6) is 0 Å². The largest absolute Gasteiger partial charge is 0.380 e. The van der Waals surface area contributed by atoms with Crippen molar-refractivity contribution in [2.45, 2.75) is 52.5 Å². The summed E-state index contributed by atoms with van der Waals surface area (Å²) in [5.74, 6) is 0.732. The molecule has 0 unspecified atom stereocenters. The van der Waals surface area contributed by atoms with Gasteiger partial charge in [-0.2, -0.15) is 0 Å². The summed E-state index contributed by atoms with van der Waals surface area (Å²) in [7, 11) is 0. The molecule has 0 bridgehead atoms. The Bertz CT molecular complexity index is 344. The molecule has 0 aliphatic heterocycles. The Morgan fingerprint density at radius 1 is 1.29 bits per heavy atom. The summed E-state index contributed by atoms with van der Waals surface area (Å²) < 4.78 is 7.94. The van der Waals surface area contributed by atoms with E-state index >= 15 is 0 Å². The molecule has 1 aliphatic rings. The Morgan fingerprint density at radius 3 is 2.94 bits per heavy atom. The van der Waals surface area contributed by atoms with Crippen molar-refractivity contribution in [1.29, 1.82) is 0 Å². The number of hydrogen-bond acceptors (Lipinski definition) is 2. The molecule has 1 aromatic rings. The molecule has 3 nitrogen and oxygen atoms in total. The third-order valence-corrected chi connectivity index (χ3v) is 3.43. The van der Waals surface area contributed by atoms with Gasteiger partial charge in [-0.3, -0.25) is 0 Å². The predicted molar refractivity (Wildman–Crippen MR) is 69.1 cm³/mol. The molecule has 0 radical (unpaired) electrons. The zero-order valence-electron chi connectivity index (χ0n) is 11.1. The highest BCUT2D eigenvalue weighted by atomic mass is 16.5. The van der Waals surface area contributed by atoms with Crippen molar-refractivity contribution in [2.75, 3.05) is 13.2 Å². The molecule has 0 N–H and O–H groups in total. The molecule has 1 heterocycles. The number of aryl methyl sites for hydroxylation is 1. The first-order valence-electron chi connectivity index (χ1n) is 6.88. The van der Waals surface area contributed by atoms with E-state index in [1.54, 1.807) is 0 Å². The van der Waals surface area contributed by atoms with Crippen LogP contribution >= 0.6 is 0 Å². The van der Waals surface area contributed by atoms with Gasteiger partial charge >= 0.3 is 0 Å². The number of ether oxygens (including phenoxy) is 1. The van der Waals surface area contributed by atoms with Crippen molar-refractivity contribution in [1.82, 2.24) is 9.55 Å². The van der Waals surface area contributed by atoms with Crippen LogP contribution in [0.3, 0.4) is 0 Å². The highest BCUT2D eigenvalue weighted by Gasteiger charge is 2.14. The van der Waals surface area contributed by atoms with Gasteiger partial charge in [0.25, 0.3) is 0 Å². The smallest absolute Gasteiger partial charge is 0.0952 e. The summed E-state index contributed by atoms with van der Waals surface area (Å²) in [4.78, 5) is 4.49. The highest BCUT2D eigenvalue weighted by molar-refractivity contribution is 5.16. The standard InChI is InChI=1S/C14H24N2O/c1-12(2)7-9-17-10-8-16-11-15-13-5-3-4-6-14(13)16/h11-12H,3-10H2,1-2H3. The maximum atomic E-state index is 5.66. The minimum absolute atomic E-state index is 0.732. The van der Waals surface area contributed by atoms with Gasteiger partial charge in [0.1, 0.15) is 0 Å². The normalized spacial score (nSPS) is 15.2. The van der Waals surface area contributed by atoms with Crippen LogP contribution in [0.25, 0.3) is 0 Å². The van der Waals surface area contributed by atoms with Gasteiger partial charge < -0.3 is 9.30 Å². The van der Waals surface area contributed by atoms with E-state index in [-0.39, 0.29) is 0 Å². The summed E-state index contributed by atoms with van der Waals surface area (Å²) in [5.41, 5.74) is 2.77. The molecule has 1 aromatic heterocycles. The van der Waals surface area contributed by atoms with Crippen molar-refractivity contribution < 1.29 is 4.74 Å². The van der Waals surface area contributed by atoms with Crippen LogP contribution in [-0.4, -0.2) is 22.8 Å². The van der Waals surface area contributed by atoms with Gasteiger partial charge in [-0.05, 0) is 38.0 Å². The Labute approximate surface area is 104 Å². The van der Waals surface area contributed by atoms with Crippen LogP contribution in [0.1, 0.15) is 44.5 Å². The summed E-state index contributed by atoms with van der Waals surface area (Å²) in [6, 6.07) is 0. The van der Waals surface area contributed by atoms with E-state index in [0.29, 0.717) is 0 Å². The summed E-state index contributed by atoms with van der Waals surface area (Å²) in [6.07, 6.45) is 8.11. The lowest BCUT2D eigenvalue weighted by Gasteiger charge is -2.14. The molecule has 17 heavy (non-hydrogen) atoms. The van der Waals surface area contributed by atoms with Crippen LogP contribution in [0, 0.1) is 5.92 Å². The number of aromatic nitrogens is 2. The lowest BCUT2D eigenvalue weighted by Crippen LogP contribution is -2.12. The first kappa shape index (κ1) is 12.6. The molecule has 0 spiro atoms. The summed E-state index contributed by atoms with van der Waals surface area (Å²) in [5, 5.41) is 0. The summed E-state index contributed by atoms with van der Waals surface area (Å²) >= 11 is 0. The van der Waals surface area contributed by atoms with E-state index in [1.807, 2.05) is 6.33 Å². The van der Waals surface area contributed by atoms with E-state index in [9.17, 15) is 0 Å². The SMILES string of the molecule is CC(C)CCOCCn1cnc2c1CCCC2. The van der Waals surface area contributed by atoms with Gasteiger partial charge in [0.05, 0.1) is 18.6 Å².